The second kappa shape index (κ2) is 8.31. The van der Waals surface area contributed by atoms with E-state index in [4.69, 9.17) is 4.74 Å². The van der Waals surface area contributed by atoms with Gasteiger partial charge >= 0.3 is 0 Å². The summed E-state index contributed by atoms with van der Waals surface area (Å²) in [5.74, 6) is -2.25. The summed E-state index contributed by atoms with van der Waals surface area (Å²) in [6.07, 6.45) is 2.03. The van der Waals surface area contributed by atoms with Crippen LogP contribution in [0, 0.1) is 11.8 Å². The molecule has 1 spiro atoms. The predicted molar refractivity (Wildman–Crippen MR) is 120 cm³/mol. The maximum absolute atomic E-state index is 13.7. The minimum atomic E-state index is -1.08. The number of hydrogen-bond donors (Lipinski definition) is 3. The first kappa shape index (κ1) is 22.7. The highest BCUT2D eigenvalue weighted by Gasteiger charge is 2.78. The summed E-state index contributed by atoms with van der Waals surface area (Å²) in [5, 5.41) is 23.2. The molecule has 3 aliphatic rings. The molecule has 11 heteroatoms. The van der Waals surface area contributed by atoms with E-state index in [-0.39, 0.29) is 37.5 Å². The van der Waals surface area contributed by atoms with Gasteiger partial charge in [0.05, 0.1) is 23.0 Å². The second-order valence-corrected chi connectivity index (χ2v) is 9.33. The largest absolute Gasteiger partial charge is 0.396 e. The van der Waals surface area contributed by atoms with Crippen LogP contribution in [0.25, 0.3) is 11.0 Å². The van der Waals surface area contributed by atoms with Crippen LogP contribution in [0.3, 0.4) is 0 Å². The van der Waals surface area contributed by atoms with Gasteiger partial charge in [-0.2, -0.15) is 0 Å². The Balaban J connectivity index is 1.47. The van der Waals surface area contributed by atoms with Gasteiger partial charge in [-0.25, -0.2) is 4.68 Å². The number of aliphatic hydroxyl groups is 1. The lowest BCUT2D eigenvalue weighted by molar-refractivity contribution is -0.147. The molecule has 34 heavy (non-hydrogen) atoms. The van der Waals surface area contributed by atoms with Gasteiger partial charge in [-0.15, -0.1) is 5.10 Å². The number of amides is 3. The van der Waals surface area contributed by atoms with Gasteiger partial charge in [0.2, 0.25) is 17.7 Å². The average molecular weight is 471 g/mol. The van der Waals surface area contributed by atoms with Crippen molar-refractivity contribution in [1.29, 1.82) is 0 Å². The first-order valence-electron chi connectivity index (χ1n) is 11.8. The first-order chi connectivity index (χ1) is 16.4. The molecular weight excluding hydrogens is 440 g/mol. The number of ether oxygens (including phenoxy) is 1. The second-order valence-electron chi connectivity index (χ2n) is 9.33. The smallest absolute Gasteiger partial charge is 0.247 e. The third-order valence-electron chi connectivity index (χ3n) is 7.84. The molecule has 182 valence electrons. The third-order valence-corrected chi connectivity index (χ3v) is 7.84. The van der Waals surface area contributed by atoms with Crippen molar-refractivity contribution in [3.05, 3.63) is 24.3 Å². The third kappa shape index (κ3) is 3.06. The number of benzene rings is 1. The van der Waals surface area contributed by atoms with Crippen LogP contribution in [0.15, 0.2) is 24.3 Å². The fourth-order valence-electron chi connectivity index (χ4n) is 6.34. The van der Waals surface area contributed by atoms with Crippen LogP contribution in [0.2, 0.25) is 0 Å². The van der Waals surface area contributed by atoms with E-state index < -0.39 is 29.1 Å². The van der Waals surface area contributed by atoms with Crippen molar-refractivity contribution in [3.63, 3.8) is 0 Å². The molecule has 1 aromatic heterocycles. The molecule has 5 atom stereocenters. The van der Waals surface area contributed by atoms with Gasteiger partial charge in [-0.1, -0.05) is 24.3 Å². The van der Waals surface area contributed by atoms with Crippen LogP contribution in [0.5, 0.6) is 0 Å². The summed E-state index contributed by atoms with van der Waals surface area (Å²) in [4.78, 5) is 41.7. The number of aliphatic hydroxyl groups excluding tert-OH is 1. The Labute approximate surface area is 196 Å². The molecule has 2 unspecified atom stereocenters. The highest BCUT2D eigenvalue weighted by molar-refractivity contribution is 5.99. The number of hydrogen-bond acceptors (Lipinski definition) is 7. The summed E-state index contributed by atoms with van der Waals surface area (Å²) in [5.41, 5.74) is -0.341. The van der Waals surface area contributed by atoms with Gasteiger partial charge in [-0.05, 0) is 37.8 Å². The monoisotopic (exact) mass is 470 g/mol. The summed E-state index contributed by atoms with van der Waals surface area (Å²) in [6.45, 7) is 2.13. The predicted octanol–water partition coefficient (Wildman–Crippen LogP) is -0.212. The minimum absolute atomic E-state index is 0.0798. The lowest BCUT2D eigenvalue weighted by Gasteiger charge is -2.33. The number of nitrogens with one attached hydrogen (secondary N) is 2. The maximum atomic E-state index is 13.7. The van der Waals surface area contributed by atoms with Crippen molar-refractivity contribution < 1.29 is 24.2 Å². The normalized spacial score (nSPS) is 31.8. The molecule has 5 rings (SSSR count). The summed E-state index contributed by atoms with van der Waals surface area (Å²) in [7, 11) is 1.56. The number of carbonyl (C=O) groups excluding carboxylic acids is 3. The van der Waals surface area contributed by atoms with Gasteiger partial charge in [0.1, 0.15) is 23.8 Å². The van der Waals surface area contributed by atoms with E-state index in [2.05, 4.69) is 20.9 Å². The van der Waals surface area contributed by atoms with Crippen molar-refractivity contribution in [1.82, 2.24) is 30.5 Å². The van der Waals surface area contributed by atoms with E-state index >= 15 is 0 Å². The number of rotatable bonds is 8. The topological polar surface area (TPSA) is 139 Å². The summed E-state index contributed by atoms with van der Waals surface area (Å²) in [6, 6.07) is 6.54. The number of carbonyl (C=O) groups is 3. The molecule has 3 fully saturated rings. The molecule has 0 saturated carbocycles. The standard InChI is InChI=1S/C23H30N6O5/c1-3-22-9-10-23(34-22)17(16(22)19(31)24-2)21(33)28(11-6-12-30)18(23)20(32)25-13-29-15-8-5-4-7-14(15)26-27-29/h4-5,7-8,16-18,30H,3,6,9-13H2,1-2H3,(H,24,31)(H,25,32)/t16-,17+,18?,22+,23?/m1/s1. The highest BCUT2D eigenvalue weighted by Crippen LogP contribution is 2.64. The van der Waals surface area contributed by atoms with Crippen LogP contribution in [0.1, 0.15) is 32.6 Å². The number of aromatic nitrogens is 3. The number of likely N-dealkylation sites (tertiary alicyclic amines) is 1. The zero-order chi connectivity index (χ0) is 24.1. The van der Waals surface area contributed by atoms with Crippen molar-refractivity contribution >= 4 is 28.8 Å². The molecule has 2 aromatic rings. The van der Waals surface area contributed by atoms with Crippen LogP contribution in [0.4, 0.5) is 0 Å². The van der Waals surface area contributed by atoms with Crippen LogP contribution in [-0.2, 0) is 25.8 Å². The average Bonchev–Trinajstić information content (AvgIpc) is 3.58. The fraction of sp³-hybridized carbons (Fsp3) is 0.609. The zero-order valence-corrected chi connectivity index (χ0v) is 19.4. The van der Waals surface area contributed by atoms with E-state index in [0.717, 1.165) is 5.52 Å². The Morgan fingerprint density at radius 2 is 2.06 bits per heavy atom. The van der Waals surface area contributed by atoms with Crippen molar-refractivity contribution in [2.45, 2.75) is 56.5 Å². The van der Waals surface area contributed by atoms with Gasteiger partial charge in [0, 0.05) is 20.2 Å². The lowest BCUT2D eigenvalue weighted by atomic mass is 9.65. The quantitative estimate of drug-likeness (QED) is 0.485. The zero-order valence-electron chi connectivity index (χ0n) is 19.4. The number of nitrogens with zero attached hydrogens (tertiary/aromatic N) is 4. The van der Waals surface area contributed by atoms with Crippen LogP contribution >= 0.6 is 0 Å². The molecule has 3 aliphatic heterocycles. The number of para-hydroxylation sites is 1. The van der Waals surface area contributed by atoms with E-state index in [9.17, 15) is 19.5 Å². The molecule has 4 heterocycles. The molecule has 3 N–H and O–H groups in total. The van der Waals surface area contributed by atoms with Crippen LogP contribution in [-0.4, -0.2) is 80.2 Å². The molecule has 0 aliphatic carbocycles. The van der Waals surface area contributed by atoms with Crippen molar-refractivity contribution in [3.8, 4) is 0 Å². The molecule has 2 bridgehead atoms. The van der Waals surface area contributed by atoms with Crippen molar-refractivity contribution in [2.75, 3.05) is 20.2 Å². The molecule has 11 nitrogen and oxygen atoms in total. The first-order valence-corrected chi connectivity index (χ1v) is 11.8. The van der Waals surface area contributed by atoms with E-state index in [1.165, 1.54) is 4.90 Å². The lowest BCUT2D eigenvalue weighted by Crippen LogP contribution is -2.55. The molecule has 3 saturated heterocycles. The van der Waals surface area contributed by atoms with Gasteiger partial charge in [0.15, 0.2) is 0 Å². The molecule has 0 radical (unpaired) electrons. The van der Waals surface area contributed by atoms with Gasteiger partial charge < -0.3 is 25.4 Å². The summed E-state index contributed by atoms with van der Waals surface area (Å²) < 4.78 is 8.18. The van der Waals surface area contributed by atoms with E-state index in [1.54, 1.807) is 11.7 Å². The Kier molecular flexibility index (Phi) is 5.56. The Morgan fingerprint density at radius 3 is 2.79 bits per heavy atom. The molecule has 3 amide bonds. The summed E-state index contributed by atoms with van der Waals surface area (Å²) >= 11 is 0. The molecular formula is C23H30N6O5. The maximum Gasteiger partial charge on any atom is 0.247 e. The van der Waals surface area contributed by atoms with Crippen molar-refractivity contribution in [2.24, 2.45) is 11.8 Å². The van der Waals surface area contributed by atoms with Gasteiger partial charge in [-0.3, -0.25) is 14.4 Å². The van der Waals surface area contributed by atoms with E-state index in [0.29, 0.717) is 31.2 Å². The molecule has 1 aromatic carbocycles. The van der Waals surface area contributed by atoms with E-state index in [1.807, 2.05) is 31.2 Å². The SMILES string of the molecule is CC[C@@]12CCC3(O1)C(C(=O)NCn1nnc4ccccc41)N(CCCO)C(=O)[C@@H]3[C@@H]2C(=O)NC. The Bertz CT molecular complexity index is 1140. The highest BCUT2D eigenvalue weighted by atomic mass is 16.5. The van der Waals surface area contributed by atoms with Gasteiger partial charge in [0.25, 0.3) is 0 Å². The Hall–Kier alpha value is -3.05. The fourth-order valence-corrected chi connectivity index (χ4v) is 6.34. The Morgan fingerprint density at radius 1 is 1.26 bits per heavy atom. The van der Waals surface area contributed by atoms with Crippen LogP contribution < -0.4 is 10.6 Å². The number of fused-ring (bicyclic) bond motifs is 2. The minimum Gasteiger partial charge on any atom is -0.396 e.